The fourth-order valence-electron chi connectivity index (χ4n) is 2.16. The van der Waals surface area contributed by atoms with E-state index in [-0.39, 0.29) is 0 Å². The summed E-state index contributed by atoms with van der Waals surface area (Å²) in [4.78, 5) is 8.33. The summed E-state index contributed by atoms with van der Waals surface area (Å²) >= 11 is 0. The standard InChI is InChI=1S/C16H14N2O/c19-16(9-12-3-1-7-17-11-12)14-5-6-15-13(10-14)4-2-8-18-15/h1-8,10-11,16,19H,9H2. The predicted octanol–water partition coefficient (Wildman–Crippen LogP) is 2.91. The molecule has 0 amide bonds. The Morgan fingerprint density at radius 1 is 1.05 bits per heavy atom. The van der Waals surface area contributed by atoms with Gasteiger partial charge >= 0.3 is 0 Å². The van der Waals surface area contributed by atoms with E-state index in [1.807, 2.05) is 42.5 Å². The minimum absolute atomic E-state index is 0.520. The van der Waals surface area contributed by atoms with Gasteiger partial charge in [0.25, 0.3) is 0 Å². The van der Waals surface area contributed by atoms with Crippen molar-refractivity contribution in [2.24, 2.45) is 0 Å². The Hall–Kier alpha value is -2.26. The molecule has 0 bridgehead atoms. The Morgan fingerprint density at radius 2 is 1.95 bits per heavy atom. The van der Waals surface area contributed by atoms with Crippen LogP contribution in [0.2, 0.25) is 0 Å². The zero-order chi connectivity index (χ0) is 13.1. The van der Waals surface area contributed by atoms with Gasteiger partial charge in [0.15, 0.2) is 0 Å². The molecule has 1 N–H and O–H groups in total. The number of hydrogen-bond acceptors (Lipinski definition) is 3. The second-order valence-corrected chi connectivity index (χ2v) is 4.54. The highest BCUT2D eigenvalue weighted by Gasteiger charge is 2.09. The van der Waals surface area contributed by atoms with Crippen LogP contribution in [0.5, 0.6) is 0 Å². The number of rotatable bonds is 3. The van der Waals surface area contributed by atoms with Crippen LogP contribution >= 0.6 is 0 Å². The fraction of sp³-hybridized carbons (Fsp3) is 0.125. The lowest BCUT2D eigenvalue weighted by Gasteiger charge is -2.11. The van der Waals surface area contributed by atoms with Crippen molar-refractivity contribution in [3.63, 3.8) is 0 Å². The second-order valence-electron chi connectivity index (χ2n) is 4.54. The predicted molar refractivity (Wildman–Crippen MR) is 74.6 cm³/mol. The summed E-state index contributed by atoms with van der Waals surface area (Å²) < 4.78 is 0. The summed E-state index contributed by atoms with van der Waals surface area (Å²) in [5, 5.41) is 11.3. The summed E-state index contributed by atoms with van der Waals surface area (Å²) in [5.74, 6) is 0. The first-order valence-corrected chi connectivity index (χ1v) is 6.24. The molecular formula is C16H14N2O. The van der Waals surface area contributed by atoms with Gasteiger partial charge in [-0.05, 0) is 35.4 Å². The van der Waals surface area contributed by atoms with Gasteiger partial charge in [-0.25, -0.2) is 0 Å². The molecule has 94 valence electrons. The molecule has 19 heavy (non-hydrogen) atoms. The van der Waals surface area contributed by atoms with Crippen LogP contribution in [-0.4, -0.2) is 15.1 Å². The minimum atomic E-state index is -0.520. The molecule has 0 saturated heterocycles. The highest BCUT2D eigenvalue weighted by atomic mass is 16.3. The Balaban J connectivity index is 1.87. The highest BCUT2D eigenvalue weighted by molar-refractivity contribution is 5.79. The lowest BCUT2D eigenvalue weighted by atomic mass is 10.0. The van der Waals surface area contributed by atoms with E-state index in [9.17, 15) is 5.11 Å². The first-order valence-electron chi connectivity index (χ1n) is 6.24. The summed E-state index contributed by atoms with van der Waals surface area (Å²) in [6, 6.07) is 13.6. The average Bonchev–Trinajstić information content (AvgIpc) is 2.48. The van der Waals surface area contributed by atoms with Crippen LogP contribution < -0.4 is 0 Å². The van der Waals surface area contributed by atoms with Crippen molar-refractivity contribution < 1.29 is 5.11 Å². The molecule has 0 spiro atoms. The smallest absolute Gasteiger partial charge is 0.0831 e. The minimum Gasteiger partial charge on any atom is -0.388 e. The fourth-order valence-corrected chi connectivity index (χ4v) is 2.16. The monoisotopic (exact) mass is 250 g/mol. The van der Waals surface area contributed by atoms with E-state index in [0.717, 1.165) is 22.0 Å². The van der Waals surface area contributed by atoms with Gasteiger partial charge in [-0.2, -0.15) is 0 Å². The maximum absolute atomic E-state index is 10.3. The molecule has 3 aromatic rings. The van der Waals surface area contributed by atoms with Crippen LogP contribution in [0.1, 0.15) is 17.2 Å². The maximum atomic E-state index is 10.3. The first-order chi connectivity index (χ1) is 9.33. The van der Waals surface area contributed by atoms with Gasteiger partial charge in [0.2, 0.25) is 0 Å². The van der Waals surface area contributed by atoms with E-state index in [0.29, 0.717) is 6.42 Å². The maximum Gasteiger partial charge on any atom is 0.0831 e. The van der Waals surface area contributed by atoms with Gasteiger partial charge in [-0.3, -0.25) is 9.97 Å². The zero-order valence-electron chi connectivity index (χ0n) is 10.4. The highest BCUT2D eigenvalue weighted by Crippen LogP contribution is 2.21. The molecule has 0 aliphatic rings. The van der Waals surface area contributed by atoms with Crippen molar-refractivity contribution in [2.75, 3.05) is 0 Å². The normalized spacial score (nSPS) is 12.5. The molecule has 1 atom stereocenters. The SMILES string of the molecule is OC(Cc1cccnc1)c1ccc2ncccc2c1. The van der Waals surface area contributed by atoms with Crippen LogP contribution in [-0.2, 0) is 6.42 Å². The van der Waals surface area contributed by atoms with Crippen molar-refractivity contribution in [3.05, 3.63) is 72.2 Å². The van der Waals surface area contributed by atoms with Crippen LogP contribution in [0, 0.1) is 0 Å². The summed E-state index contributed by atoms with van der Waals surface area (Å²) in [6.07, 6.45) is 5.34. The molecule has 1 aromatic carbocycles. The van der Waals surface area contributed by atoms with Crippen molar-refractivity contribution in [1.82, 2.24) is 9.97 Å². The van der Waals surface area contributed by atoms with Gasteiger partial charge < -0.3 is 5.11 Å². The van der Waals surface area contributed by atoms with Crippen LogP contribution in [0.15, 0.2) is 61.1 Å². The van der Waals surface area contributed by atoms with Gasteiger partial charge in [0.1, 0.15) is 0 Å². The Kier molecular flexibility index (Phi) is 3.21. The zero-order valence-corrected chi connectivity index (χ0v) is 10.4. The van der Waals surface area contributed by atoms with Gasteiger partial charge in [-0.1, -0.05) is 18.2 Å². The molecule has 2 heterocycles. The molecule has 0 fully saturated rings. The van der Waals surface area contributed by atoms with Gasteiger partial charge in [0.05, 0.1) is 11.6 Å². The van der Waals surface area contributed by atoms with Crippen molar-refractivity contribution in [1.29, 1.82) is 0 Å². The molecule has 0 aliphatic heterocycles. The molecule has 2 aromatic heterocycles. The van der Waals surface area contributed by atoms with Crippen LogP contribution in [0.25, 0.3) is 10.9 Å². The number of nitrogens with zero attached hydrogens (tertiary/aromatic N) is 2. The number of aromatic nitrogens is 2. The third-order valence-electron chi connectivity index (χ3n) is 3.16. The van der Waals surface area contributed by atoms with E-state index < -0.39 is 6.10 Å². The second kappa shape index (κ2) is 5.16. The van der Waals surface area contributed by atoms with E-state index in [4.69, 9.17) is 0 Å². The molecule has 3 rings (SSSR count). The Morgan fingerprint density at radius 3 is 2.79 bits per heavy atom. The van der Waals surface area contributed by atoms with Crippen LogP contribution in [0.3, 0.4) is 0 Å². The summed E-state index contributed by atoms with van der Waals surface area (Å²) in [7, 11) is 0. The summed E-state index contributed by atoms with van der Waals surface area (Å²) in [6.45, 7) is 0. The third-order valence-corrected chi connectivity index (χ3v) is 3.16. The van der Waals surface area contributed by atoms with E-state index >= 15 is 0 Å². The number of benzene rings is 1. The van der Waals surface area contributed by atoms with Crippen molar-refractivity contribution in [2.45, 2.75) is 12.5 Å². The van der Waals surface area contributed by atoms with Crippen molar-refractivity contribution >= 4 is 10.9 Å². The molecule has 0 radical (unpaired) electrons. The first kappa shape index (κ1) is 11.8. The van der Waals surface area contributed by atoms with E-state index in [1.54, 1.807) is 18.6 Å². The number of aliphatic hydroxyl groups excluding tert-OH is 1. The van der Waals surface area contributed by atoms with Gasteiger partial charge in [0, 0.05) is 30.4 Å². The molecule has 3 nitrogen and oxygen atoms in total. The molecule has 3 heteroatoms. The lowest BCUT2D eigenvalue weighted by molar-refractivity contribution is 0.178. The topological polar surface area (TPSA) is 46.0 Å². The van der Waals surface area contributed by atoms with E-state index in [1.165, 1.54) is 0 Å². The number of hydrogen-bond donors (Lipinski definition) is 1. The van der Waals surface area contributed by atoms with Crippen molar-refractivity contribution in [3.8, 4) is 0 Å². The quantitative estimate of drug-likeness (QED) is 0.777. The summed E-state index contributed by atoms with van der Waals surface area (Å²) in [5.41, 5.74) is 2.88. The van der Waals surface area contributed by atoms with Crippen LogP contribution in [0.4, 0.5) is 0 Å². The van der Waals surface area contributed by atoms with E-state index in [2.05, 4.69) is 9.97 Å². The Labute approximate surface area is 111 Å². The third kappa shape index (κ3) is 2.61. The molecule has 0 saturated carbocycles. The molecule has 0 aliphatic carbocycles. The van der Waals surface area contributed by atoms with Gasteiger partial charge in [-0.15, -0.1) is 0 Å². The number of aliphatic hydroxyl groups is 1. The average molecular weight is 250 g/mol. The number of fused-ring (bicyclic) bond motifs is 1. The molecule has 1 unspecified atom stereocenters. The Bertz CT molecular complexity index is 682. The molecular weight excluding hydrogens is 236 g/mol. The number of pyridine rings is 2. The lowest BCUT2D eigenvalue weighted by Crippen LogP contribution is -2.02. The largest absolute Gasteiger partial charge is 0.388 e.